The second-order valence-electron chi connectivity index (χ2n) is 5.81. The summed E-state index contributed by atoms with van der Waals surface area (Å²) < 4.78 is 5.62. The minimum absolute atomic E-state index is 0.865. The van der Waals surface area contributed by atoms with Crippen LogP contribution in [-0.4, -0.2) is 41.8 Å². The first-order valence-corrected chi connectivity index (χ1v) is 7.84. The SMILES string of the molecule is C/C(=N/N1CCN(Cc2ccccc2)CC1)c1ccc(C)o1. The lowest BCUT2D eigenvalue weighted by Gasteiger charge is -2.33. The van der Waals surface area contributed by atoms with Gasteiger partial charge in [0.15, 0.2) is 0 Å². The lowest BCUT2D eigenvalue weighted by Crippen LogP contribution is -2.43. The molecule has 0 aliphatic carbocycles. The first kappa shape index (κ1) is 14.9. The van der Waals surface area contributed by atoms with Gasteiger partial charge in [-0.3, -0.25) is 9.91 Å². The lowest BCUT2D eigenvalue weighted by atomic mass is 10.2. The number of rotatable bonds is 4. The zero-order chi connectivity index (χ0) is 15.4. The number of nitrogens with zero attached hydrogens (tertiary/aromatic N) is 3. The molecule has 1 fully saturated rings. The van der Waals surface area contributed by atoms with Crippen LogP contribution >= 0.6 is 0 Å². The normalized spacial score (nSPS) is 17.0. The van der Waals surface area contributed by atoms with Crippen molar-refractivity contribution >= 4 is 5.71 Å². The maximum Gasteiger partial charge on any atom is 0.149 e. The average molecular weight is 297 g/mol. The van der Waals surface area contributed by atoms with Gasteiger partial charge in [-0.25, -0.2) is 0 Å². The molecular formula is C18H23N3O. The molecule has 0 N–H and O–H groups in total. The summed E-state index contributed by atoms with van der Waals surface area (Å²) >= 11 is 0. The second-order valence-corrected chi connectivity index (χ2v) is 5.81. The number of hydrogen-bond acceptors (Lipinski definition) is 4. The zero-order valence-corrected chi connectivity index (χ0v) is 13.3. The first-order valence-electron chi connectivity index (χ1n) is 7.84. The standard InChI is InChI=1S/C18H23N3O/c1-15-8-9-18(22-15)16(2)19-21-12-10-20(11-13-21)14-17-6-4-3-5-7-17/h3-9H,10-14H2,1-2H3/b19-16-. The van der Waals surface area contributed by atoms with Crippen molar-refractivity contribution < 1.29 is 4.42 Å². The van der Waals surface area contributed by atoms with Gasteiger partial charge in [-0.15, -0.1) is 0 Å². The molecular weight excluding hydrogens is 274 g/mol. The molecule has 1 aromatic heterocycles. The topological polar surface area (TPSA) is 32.0 Å². The molecule has 3 rings (SSSR count). The van der Waals surface area contributed by atoms with Crippen molar-refractivity contribution in [1.29, 1.82) is 0 Å². The minimum Gasteiger partial charge on any atom is -0.460 e. The van der Waals surface area contributed by atoms with Gasteiger partial charge in [0, 0.05) is 32.7 Å². The Morgan fingerprint density at radius 1 is 1.05 bits per heavy atom. The van der Waals surface area contributed by atoms with E-state index in [0.29, 0.717) is 0 Å². The van der Waals surface area contributed by atoms with Gasteiger partial charge in [-0.05, 0) is 31.5 Å². The van der Waals surface area contributed by atoms with E-state index in [9.17, 15) is 0 Å². The molecule has 1 aliphatic rings. The number of furan rings is 1. The van der Waals surface area contributed by atoms with E-state index in [1.165, 1.54) is 5.56 Å². The maximum atomic E-state index is 5.62. The van der Waals surface area contributed by atoms with Crippen molar-refractivity contribution in [2.24, 2.45) is 5.10 Å². The smallest absolute Gasteiger partial charge is 0.149 e. The predicted molar refractivity (Wildman–Crippen MR) is 88.9 cm³/mol. The molecule has 0 saturated carbocycles. The quantitative estimate of drug-likeness (QED) is 0.813. The van der Waals surface area contributed by atoms with E-state index in [1.807, 2.05) is 26.0 Å². The Kier molecular flexibility index (Phi) is 4.59. The maximum absolute atomic E-state index is 5.62. The molecule has 116 valence electrons. The molecule has 0 amide bonds. The van der Waals surface area contributed by atoms with Crippen molar-refractivity contribution in [1.82, 2.24) is 9.91 Å². The van der Waals surface area contributed by atoms with Crippen LogP contribution < -0.4 is 0 Å². The van der Waals surface area contributed by atoms with Crippen LogP contribution in [0.5, 0.6) is 0 Å². The summed E-state index contributed by atoms with van der Waals surface area (Å²) in [5, 5.41) is 6.84. The Labute approximate surface area is 132 Å². The molecule has 1 aliphatic heterocycles. The largest absolute Gasteiger partial charge is 0.460 e. The fraction of sp³-hybridized carbons (Fsp3) is 0.389. The van der Waals surface area contributed by atoms with Crippen LogP contribution in [0.1, 0.15) is 24.0 Å². The molecule has 22 heavy (non-hydrogen) atoms. The molecule has 0 atom stereocenters. The van der Waals surface area contributed by atoms with Crippen molar-refractivity contribution in [3.63, 3.8) is 0 Å². The predicted octanol–water partition coefficient (Wildman–Crippen LogP) is 3.13. The molecule has 0 unspecified atom stereocenters. The van der Waals surface area contributed by atoms with Gasteiger partial charge in [-0.2, -0.15) is 5.10 Å². The molecule has 4 nitrogen and oxygen atoms in total. The highest BCUT2D eigenvalue weighted by Crippen LogP contribution is 2.11. The summed E-state index contributed by atoms with van der Waals surface area (Å²) in [6.45, 7) is 9.00. The molecule has 2 aromatic rings. The number of hydrazone groups is 1. The monoisotopic (exact) mass is 297 g/mol. The highest BCUT2D eigenvalue weighted by atomic mass is 16.3. The zero-order valence-electron chi connectivity index (χ0n) is 13.3. The number of hydrogen-bond donors (Lipinski definition) is 0. The third kappa shape index (κ3) is 3.77. The van der Waals surface area contributed by atoms with E-state index in [-0.39, 0.29) is 0 Å². The molecule has 4 heteroatoms. The second kappa shape index (κ2) is 6.79. The molecule has 1 saturated heterocycles. The van der Waals surface area contributed by atoms with Gasteiger partial charge in [0.2, 0.25) is 0 Å². The van der Waals surface area contributed by atoms with Gasteiger partial charge < -0.3 is 4.42 Å². The van der Waals surface area contributed by atoms with Crippen LogP contribution in [0.3, 0.4) is 0 Å². The number of piperazine rings is 1. The van der Waals surface area contributed by atoms with Crippen molar-refractivity contribution in [3.05, 3.63) is 59.5 Å². The summed E-state index contributed by atoms with van der Waals surface area (Å²) in [6, 6.07) is 14.6. The summed E-state index contributed by atoms with van der Waals surface area (Å²) in [6.07, 6.45) is 0. The molecule has 1 aromatic carbocycles. The fourth-order valence-corrected chi connectivity index (χ4v) is 2.73. The van der Waals surface area contributed by atoms with Crippen LogP contribution in [0.25, 0.3) is 0 Å². The van der Waals surface area contributed by atoms with Crippen LogP contribution in [0, 0.1) is 6.92 Å². The molecule has 0 spiro atoms. The Morgan fingerprint density at radius 3 is 2.41 bits per heavy atom. The van der Waals surface area contributed by atoms with E-state index >= 15 is 0 Å². The molecule has 0 radical (unpaired) electrons. The van der Waals surface area contributed by atoms with Crippen molar-refractivity contribution in [2.45, 2.75) is 20.4 Å². The number of aryl methyl sites for hydroxylation is 1. The Hall–Kier alpha value is -2.07. The molecule has 2 heterocycles. The third-order valence-electron chi connectivity index (χ3n) is 3.99. The van der Waals surface area contributed by atoms with E-state index in [2.05, 4.69) is 40.2 Å². The minimum atomic E-state index is 0.865. The highest BCUT2D eigenvalue weighted by Gasteiger charge is 2.16. The van der Waals surface area contributed by atoms with Gasteiger partial charge in [0.25, 0.3) is 0 Å². The van der Waals surface area contributed by atoms with Crippen LogP contribution in [0.15, 0.2) is 52.0 Å². The van der Waals surface area contributed by atoms with E-state index in [0.717, 1.165) is 50.0 Å². The van der Waals surface area contributed by atoms with E-state index in [1.54, 1.807) is 0 Å². The van der Waals surface area contributed by atoms with Crippen LogP contribution in [0.4, 0.5) is 0 Å². The fourth-order valence-electron chi connectivity index (χ4n) is 2.73. The van der Waals surface area contributed by atoms with Crippen molar-refractivity contribution in [2.75, 3.05) is 26.2 Å². The van der Waals surface area contributed by atoms with Gasteiger partial charge >= 0.3 is 0 Å². The first-order chi connectivity index (χ1) is 10.7. The van der Waals surface area contributed by atoms with Crippen molar-refractivity contribution in [3.8, 4) is 0 Å². The number of benzene rings is 1. The van der Waals surface area contributed by atoms with Crippen LogP contribution in [0.2, 0.25) is 0 Å². The Morgan fingerprint density at radius 2 is 1.77 bits per heavy atom. The summed E-state index contributed by atoms with van der Waals surface area (Å²) in [5.41, 5.74) is 2.33. The Bertz CT molecular complexity index is 625. The van der Waals surface area contributed by atoms with Gasteiger partial charge in [-0.1, -0.05) is 30.3 Å². The highest BCUT2D eigenvalue weighted by molar-refractivity contribution is 5.96. The summed E-state index contributed by atoms with van der Waals surface area (Å²) in [4.78, 5) is 2.48. The summed E-state index contributed by atoms with van der Waals surface area (Å²) in [5.74, 6) is 1.79. The lowest BCUT2D eigenvalue weighted by molar-refractivity contribution is 0.130. The van der Waals surface area contributed by atoms with E-state index in [4.69, 9.17) is 9.52 Å². The Balaban J connectivity index is 1.53. The van der Waals surface area contributed by atoms with E-state index < -0.39 is 0 Å². The van der Waals surface area contributed by atoms with Crippen LogP contribution in [-0.2, 0) is 6.54 Å². The van der Waals surface area contributed by atoms with Gasteiger partial charge in [0.1, 0.15) is 11.5 Å². The van der Waals surface area contributed by atoms with Gasteiger partial charge in [0.05, 0.1) is 5.71 Å². The molecule has 0 bridgehead atoms. The summed E-state index contributed by atoms with van der Waals surface area (Å²) in [7, 11) is 0. The average Bonchev–Trinajstić information content (AvgIpc) is 2.97. The third-order valence-corrected chi connectivity index (χ3v) is 3.99.